The number of ether oxygens (including phenoxy) is 1. The Labute approximate surface area is 189 Å². The second kappa shape index (κ2) is 11.4. The molecule has 31 heavy (non-hydrogen) atoms. The summed E-state index contributed by atoms with van der Waals surface area (Å²) in [6.45, 7) is 9.45. The summed E-state index contributed by atoms with van der Waals surface area (Å²) < 4.78 is 19.0. The number of hydrogen-bond donors (Lipinski definition) is 1. The van der Waals surface area contributed by atoms with Crippen LogP contribution in [0.3, 0.4) is 0 Å². The Kier molecular flexibility index (Phi) is 8.66. The summed E-state index contributed by atoms with van der Waals surface area (Å²) in [6, 6.07) is 5.09. The van der Waals surface area contributed by atoms with Crippen molar-refractivity contribution < 1.29 is 9.13 Å². The number of methoxy groups -OCH3 is 1. The highest BCUT2D eigenvalue weighted by Crippen LogP contribution is 2.21. The number of aryl methyl sites for hydroxylation is 1. The number of nitrogens with one attached hydrogen (secondary N) is 1. The largest absolute Gasteiger partial charge is 0.494 e. The predicted molar refractivity (Wildman–Crippen MR) is 125 cm³/mol. The van der Waals surface area contributed by atoms with Gasteiger partial charge in [0, 0.05) is 38.6 Å². The zero-order valence-corrected chi connectivity index (χ0v) is 19.8. The van der Waals surface area contributed by atoms with Crippen molar-refractivity contribution in [2.24, 2.45) is 10.9 Å². The number of hydrogen-bond acceptors (Lipinski definition) is 5. The molecule has 1 aromatic carbocycles. The quantitative estimate of drug-likeness (QED) is 0.491. The van der Waals surface area contributed by atoms with E-state index in [4.69, 9.17) is 9.73 Å². The van der Waals surface area contributed by atoms with Crippen LogP contribution < -0.4 is 10.1 Å². The van der Waals surface area contributed by atoms with Crippen LogP contribution in [-0.4, -0.2) is 61.1 Å². The van der Waals surface area contributed by atoms with Gasteiger partial charge in [-0.15, -0.1) is 11.3 Å². The molecule has 1 aliphatic rings. The zero-order chi connectivity index (χ0) is 22.2. The van der Waals surface area contributed by atoms with Gasteiger partial charge in [-0.25, -0.2) is 9.37 Å². The van der Waals surface area contributed by atoms with E-state index in [-0.39, 0.29) is 11.6 Å². The standard InChI is InChI=1S/C23H34FN5OS/c1-5-25-23(28(3)14-19-6-7-22(30-4)21(24)12-19)26-13-18-8-10-29(11-9-18)15-20-16-31-17(2)27-20/h6-7,12,16,18H,5,8-11,13-15H2,1-4H3,(H,25,26). The number of piperidine rings is 1. The molecule has 0 amide bonds. The first kappa shape index (κ1) is 23.5. The lowest BCUT2D eigenvalue weighted by atomic mass is 9.97. The zero-order valence-electron chi connectivity index (χ0n) is 19.0. The average molecular weight is 448 g/mol. The lowest BCUT2D eigenvalue weighted by Gasteiger charge is -2.31. The van der Waals surface area contributed by atoms with Crippen molar-refractivity contribution in [3.8, 4) is 5.75 Å². The van der Waals surface area contributed by atoms with Gasteiger partial charge in [-0.1, -0.05) is 6.07 Å². The van der Waals surface area contributed by atoms with E-state index in [9.17, 15) is 4.39 Å². The number of guanidine groups is 1. The first-order valence-corrected chi connectivity index (χ1v) is 11.8. The van der Waals surface area contributed by atoms with Gasteiger partial charge in [-0.3, -0.25) is 9.89 Å². The molecule has 0 spiro atoms. The molecule has 3 rings (SSSR count). The lowest BCUT2D eigenvalue weighted by molar-refractivity contribution is 0.179. The van der Waals surface area contributed by atoms with Gasteiger partial charge in [0.15, 0.2) is 17.5 Å². The minimum atomic E-state index is -0.338. The van der Waals surface area contributed by atoms with Crippen molar-refractivity contribution >= 4 is 17.3 Å². The van der Waals surface area contributed by atoms with E-state index in [2.05, 4.69) is 34.4 Å². The SMILES string of the molecule is CCNC(=NCC1CCN(Cc2csc(C)n2)CC1)N(C)Cc1ccc(OC)c(F)c1. The number of benzene rings is 1. The maximum absolute atomic E-state index is 14.0. The first-order valence-electron chi connectivity index (χ1n) is 10.9. The molecular formula is C23H34FN5OS. The third kappa shape index (κ3) is 6.90. The fourth-order valence-electron chi connectivity index (χ4n) is 3.88. The van der Waals surface area contributed by atoms with Gasteiger partial charge >= 0.3 is 0 Å². The van der Waals surface area contributed by atoms with Crippen molar-refractivity contribution in [1.29, 1.82) is 0 Å². The van der Waals surface area contributed by atoms with Gasteiger partial charge in [0.25, 0.3) is 0 Å². The normalized spacial score (nSPS) is 15.8. The molecule has 0 radical (unpaired) electrons. The molecule has 1 aromatic heterocycles. The van der Waals surface area contributed by atoms with Gasteiger partial charge in [-0.05, 0) is 63.4 Å². The van der Waals surface area contributed by atoms with Crippen molar-refractivity contribution in [2.45, 2.75) is 39.8 Å². The maximum Gasteiger partial charge on any atom is 0.193 e. The van der Waals surface area contributed by atoms with Crippen LogP contribution in [-0.2, 0) is 13.1 Å². The van der Waals surface area contributed by atoms with Crippen molar-refractivity contribution in [1.82, 2.24) is 20.1 Å². The van der Waals surface area contributed by atoms with Gasteiger partial charge in [-0.2, -0.15) is 0 Å². The molecule has 170 valence electrons. The first-order chi connectivity index (χ1) is 15.0. The lowest BCUT2D eigenvalue weighted by Crippen LogP contribution is -2.39. The number of aromatic nitrogens is 1. The number of halogens is 1. The van der Waals surface area contributed by atoms with Crippen LogP contribution in [0.1, 0.15) is 36.0 Å². The molecule has 2 aromatic rings. The number of likely N-dealkylation sites (tertiary alicyclic amines) is 1. The minimum absolute atomic E-state index is 0.267. The Hall–Kier alpha value is -2.19. The summed E-state index contributed by atoms with van der Waals surface area (Å²) >= 11 is 1.72. The summed E-state index contributed by atoms with van der Waals surface area (Å²) in [5, 5.41) is 6.66. The van der Waals surface area contributed by atoms with Crippen LogP contribution in [0.25, 0.3) is 0 Å². The molecule has 1 saturated heterocycles. The van der Waals surface area contributed by atoms with Crippen LogP contribution in [0.5, 0.6) is 5.75 Å². The van der Waals surface area contributed by atoms with E-state index in [1.807, 2.05) is 18.0 Å². The summed E-state index contributed by atoms with van der Waals surface area (Å²) in [6.07, 6.45) is 2.30. The molecule has 0 unspecified atom stereocenters. The van der Waals surface area contributed by atoms with Gasteiger partial charge in [0.1, 0.15) is 0 Å². The molecule has 0 bridgehead atoms. The fourth-order valence-corrected chi connectivity index (χ4v) is 4.48. The van der Waals surface area contributed by atoms with E-state index >= 15 is 0 Å². The second-order valence-corrected chi connectivity index (χ2v) is 9.16. The molecule has 6 nitrogen and oxygen atoms in total. The molecule has 0 aliphatic carbocycles. The van der Waals surface area contributed by atoms with E-state index < -0.39 is 0 Å². The topological polar surface area (TPSA) is 53.0 Å². The Morgan fingerprint density at radius 3 is 2.77 bits per heavy atom. The van der Waals surface area contributed by atoms with Gasteiger partial charge in [0.05, 0.1) is 17.8 Å². The average Bonchev–Trinajstić information content (AvgIpc) is 3.16. The van der Waals surface area contributed by atoms with Crippen molar-refractivity contribution in [3.05, 3.63) is 45.7 Å². The molecule has 1 N–H and O–H groups in total. The third-order valence-electron chi connectivity index (χ3n) is 5.59. The van der Waals surface area contributed by atoms with Crippen LogP contribution in [0, 0.1) is 18.7 Å². The van der Waals surface area contributed by atoms with Crippen LogP contribution >= 0.6 is 11.3 Å². The molecular weight excluding hydrogens is 413 g/mol. The molecule has 0 saturated carbocycles. The fraction of sp³-hybridized carbons (Fsp3) is 0.565. The van der Waals surface area contributed by atoms with Crippen molar-refractivity contribution in [2.75, 3.05) is 40.3 Å². The maximum atomic E-state index is 14.0. The molecule has 1 aliphatic heterocycles. The molecule has 8 heteroatoms. The summed E-state index contributed by atoms with van der Waals surface area (Å²) in [7, 11) is 3.46. The number of rotatable bonds is 8. The van der Waals surface area contributed by atoms with Crippen LogP contribution in [0.2, 0.25) is 0 Å². The van der Waals surface area contributed by atoms with Crippen LogP contribution in [0.4, 0.5) is 4.39 Å². The predicted octanol–water partition coefficient (Wildman–Crippen LogP) is 3.91. The Balaban J connectivity index is 1.51. The molecule has 2 heterocycles. The minimum Gasteiger partial charge on any atom is -0.494 e. The van der Waals surface area contributed by atoms with Crippen LogP contribution in [0.15, 0.2) is 28.6 Å². The Bertz CT molecular complexity index is 863. The Morgan fingerprint density at radius 2 is 2.16 bits per heavy atom. The van der Waals surface area contributed by atoms with Crippen molar-refractivity contribution in [3.63, 3.8) is 0 Å². The molecule has 1 fully saturated rings. The van der Waals surface area contributed by atoms with Gasteiger partial charge < -0.3 is 15.0 Å². The smallest absolute Gasteiger partial charge is 0.193 e. The van der Waals surface area contributed by atoms with E-state index in [1.165, 1.54) is 18.9 Å². The number of thiazole rings is 1. The Morgan fingerprint density at radius 1 is 1.39 bits per heavy atom. The van der Waals surface area contributed by atoms with E-state index in [0.29, 0.717) is 12.5 Å². The monoisotopic (exact) mass is 447 g/mol. The van der Waals surface area contributed by atoms with Gasteiger partial charge in [0.2, 0.25) is 0 Å². The van der Waals surface area contributed by atoms with E-state index in [1.54, 1.807) is 17.4 Å². The van der Waals surface area contributed by atoms with E-state index in [0.717, 1.165) is 62.1 Å². The third-order valence-corrected chi connectivity index (χ3v) is 6.41. The summed E-state index contributed by atoms with van der Waals surface area (Å²) in [5.74, 6) is 1.38. The summed E-state index contributed by atoms with van der Waals surface area (Å²) in [4.78, 5) is 14.0. The number of nitrogens with zero attached hydrogens (tertiary/aromatic N) is 4. The highest BCUT2D eigenvalue weighted by atomic mass is 32.1. The highest BCUT2D eigenvalue weighted by Gasteiger charge is 2.20. The summed E-state index contributed by atoms with van der Waals surface area (Å²) in [5.41, 5.74) is 2.07. The second-order valence-electron chi connectivity index (χ2n) is 8.10. The number of aliphatic imine (C=N–C) groups is 1. The highest BCUT2D eigenvalue weighted by molar-refractivity contribution is 7.09. The molecule has 0 atom stereocenters.